The van der Waals surface area contributed by atoms with Crippen LogP contribution in [-0.4, -0.2) is 36.3 Å². The number of aryl methyl sites for hydroxylation is 1. The van der Waals surface area contributed by atoms with Crippen molar-refractivity contribution in [3.63, 3.8) is 0 Å². The van der Waals surface area contributed by atoms with Crippen LogP contribution in [0, 0.1) is 11.8 Å². The van der Waals surface area contributed by atoms with Gasteiger partial charge in [0.1, 0.15) is 0 Å². The van der Waals surface area contributed by atoms with Gasteiger partial charge in [0.15, 0.2) is 0 Å². The van der Waals surface area contributed by atoms with Crippen LogP contribution in [0.2, 0.25) is 0 Å². The molecule has 132 valence electrons. The maximum absolute atomic E-state index is 12.5. The van der Waals surface area contributed by atoms with E-state index < -0.39 is 0 Å². The average Bonchev–Trinajstić information content (AvgIpc) is 3.39. The predicted molar refractivity (Wildman–Crippen MR) is 96.5 cm³/mol. The first-order chi connectivity index (χ1) is 11.7. The molecule has 4 nitrogen and oxygen atoms in total. The summed E-state index contributed by atoms with van der Waals surface area (Å²) in [5.74, 6) is 0.0279. The molecular formula is C20H30N2O2. The van der Waals surface area contributed by atoms with Crippen LogP contribution in [0.1, 0.15) is 45.1 Å². The monoisotopic (exact) mass is 330 g/mol. The number of nitrogens with zero attached hydrogens (tertiary/aromatic N) is 1. The Bertz CT molecular complexity index is 524. The van der Waals surface area contributed by atoms with Crippen LogP contribution in [0.15, 0.2) is 30.3 Å². The van der Waals surface area contributed by atoms with Gasteiger partial charge in [0.25, 0.3) is 0 Å². The molecule has 1 N–H and O–H groups in total. The van der Waals surface area contributed by atoms with E-state index in [0.29, 0.717) is 13.0 Å². The van der Waals surface area contributed by atoms with E-state index in [1.165, 1.54) is 5.56 Å². The van der Waals surface area contributed by atoms with Crippen LogP contribution in [0.25, 0.3) is 0 Å². The van der Waals surface area contributed by atoms with Gasteiger partial charge >= 0.3 is 0 Å². The van der Waals surface area contributed by atoms with Crippen molar-refractivity contribution < 1.29 is 9.59 Å². The smallest absolute Gasteiger partial charge is 0.226 e. The van der Waals surface area contributed by atoms with E-state index >= 15 is 0 Å². The summed E-state index contributed by atoms with van der Waals surface area (Å²) in [5.41, 5.74) is 1.29. The van der Waals surface area contributed by atoms with Gasteiger partial charge in [0, 0.05) is 19.6 Å². The largest absolute Gasteiger partial charge is 0.356 e. The zero-order chi connectivity index (χ0) is 17.4. The SMILES string of the molecule is CCCN(CCC)C(=O)C1CC1C(=O)NCCCc1ccccc1. The van der Waals surface area contributed by atoms with Crippen LogP contribution in [-0.2, 0) is 16.0 Å². The lowest BCUT2D eigenvalue weighted by molar-refractivity contribution is -0.134. The number of rotatable bonds is 10. The summed E-state index contributed by atoms with van der Waals surface area (Å²) in [4.78, 5) is 26.6. The molecule has 4 heteroatoms. The van der Waals surface area contributed by atoms with Crippen LogP contribution >= 0.6 is 0 Å². The lowest BCUT2D eigenvalue weighted by atomic mass is 10.1. The summed E-state index contributed by atoms with van der Waals surface area (Å²) < 4.78 is 0. The summed E-state index contributed by atoms with van der Waals surface area (Å²) in [6.45, 7) is 6.45. The highest BCUT2D eigenvalue weighted by Crippen LogP contribution is 2.40. The van der Waals surface area contributed by atoms with Gasteiger partial charge in [-0.3, -0.25) is 9.59 Å². The third-order valence-electron chi connectivity index (χ3n) is 4.53. The van der Waals surface area contributed by atoms with Gasteiger partial charge in [-0.15, -0.1) is 0 Å². The molecule has 0 aliphatic heterocycles. The second-order valence-corrected chi connectivity index (χ2v) is 6.65. The Hall–Kier alpha value is -1.84. The highest BCUT2D eigenvalue weighted by Gasteiger charge is 2.49. The van der Waals surface area contributed by atoms with Crippen LogP contribution in [0.5, 0.6) is 0 Å². The molecule has 0 saturated heterocycles. The van der Waals surface area contributed by atoms with Crippen LogP contribution in [0.4, 0.5) is 0 Å². The van der Waals surface area contributed by atoms with E-state index in [0.717, 1.165) is 38.8 Å². The number of hydrogen-bond acceptors (Lipinski definition) is 2. The molecule has 0 aromatic heterocycles. The van der Waals surface area contributed by atoms with Gasteiger partial charge in [0.05, 0.1) is 11.8 Å². The zero-order valence-electron chi connectivity index (χ0n) is 15.0. The number of nitrogens with one attached hydrogen (secondary N) is 1. The summed E-state index contributed by atoms with van der Waals surface area (Å²) in [6.07, 6.45) is 4.55. The molecule has 1 aromatic rings. The van der Waals surface area contributed by atoms with Crippen molar-refractivity contribution >= 4 is 11.8 Å². The van der Waals surface area contributed by atoms with Gasteiger partial charge in [-0.1, -0.05) is 44.2 Å². The molecule has 0 radical (unpaired) electrons. The Morgan fingerprint density at radius 3 is 2.38 bits per heavy atom. The van der Waals surface area contributed by atoms with Crippen molar-refractivity contribution in [3.8, 4) is 0 Å². The van der Waals surface area contributed by atoms with Gasteiger partial charge in [-0.2, -0.15) is 0 Å². The number of carbonyl (C=O) groups excluding carboxylic acids is 2. The number of benzene rings is 1. The average molecular weight is 330 g/mol. The van der Waals surface area contributed by atoms with E-state index in [-0.39, 0.29) is 23.7 Å². The first-order valence-corrected chi connectivity index (χ1v) is 9.27. The zero-order valence-corrected chi connectivity index (χ0v) is 15.0. The second-order valence-electron chi connectivity index (χ2n) is 6.65. The Morgan fingerprint density at radius 1 is 1.08 bits per heavy atom. The van der Waals surface area contributed by atoms with E-state index in [1.54, 1.807) is 0 Å². The van der Waals surface area contributed by atoms with Crippen molar-refractivity contribution in [1.29, 1.82) is 0 Å². The lowest BCUT2D eigenvalue weighted by Gasteiger charge is -2.21. The Labute approximate surface area is 145 Å². The molecule has 0 heterocycles. The fourth-order valence-electron chi connectivity index (χ4n) is 3.14. The van der Waals surface area contributed by atoms with Crippen molar-refractivity contribution in [2.24, 2.45) is 11.8 Å². The van der Waals surface area contributed by atoms with Gasteiger partial charge in [0.2, 0.25) is 11.8 Å². The van der Waals surface area contributed by atoms with Gasteiger partial charge in [-0.05, 0) is 37.7 Å². The number of amides is 2. The topological polar surface area (TPSA) is 49.4 Å². The van der Waals surface area contributed by atoms with Crippen molar-refractivity contribution in [3.05, 3.63) is 35.9 Å². The van der Waals surface area contributed by atoms with Crippen molar-refractivity contribution in [1.82, 2.24) is 10.2 Å². The highest BCUT2D eigenvalue weighted by molar-refractivity contribution is 5.92. The number of carbonyl (C=O) groups is 2. The quantitative estimate of drug-likeness (QED) is 0.670. The maximum Gasteiger partial charge on any atom is 0.226 e. The Kier molecular flexibility index (Phi) is 7.29. The summed E-state index contributed by atoms with van der Waals surface area (Å²) in [6, 6.07) is 10.3. The molecule has 1 aliphatic rings. The van der Waals surface area contributed by atoms with E-state index in [1.807, 2.05) is 23.1 Å². The first kappa shape index (κ1) is 18.5. The van der Waals surface area contributed by atoms with Crippen molar-refractivity contribution in [2.75, 3.05) is 19.6 Å². The molecule has 24 heavy (non-hydrogen) atoms. The molecule has 0 spiro atoms. The Morgan fingerprint density at radius 2 is 1.75 bits per heavy atom. The van der Waals surface area contributed by atoms with Crippen LogP contribution < -0.4 is 5.32 Å². The summed E-state index contributed by atoms with van der Waals surface area (Å²) in [7, 11) is 0. The normalized spacial score (nSPS) is 18.9. The molecule has 1 saturated carbocycles. The fourth-order valence-corrected chi connectivity index (χ4v) is 3.14. The Balaban J connectivity index is 1.68. The molecule has 1 fully saturated rings. The minimum Gasteiger partial charge on any atom is -0.356 e. The minimum atomic E-state index is -0.106. The predicted octanol–water partition coefficient (Wildman–Crippen LogP) is 3.02. The van der Waals surface area contributed by atoms with E-state index in [9.17, 15) is 9.59 Å². The van der Waals surface area contributed by atoms with Crippen LogP contribution in [0.3, 0.4) is 0 Å². The third-order valence-corrected chi connectivity index (χ3v) is 4.53. The standard InChI is InChI=1S/C20H30N2O2/c1-3-13-22(14-4-2)20(24)18-15-17(18)19(23)21-12-8-11-16-9-6-5-7-10-16/h5-7,9-10,17-18H,3-4,8,11-15H2,1-2H3,(H,21,23). The minimum absolute atomic E-state index is 0.0503. The molecule has 2 atom stereocenters. The summed E-state index contributed by atoms with van der Waals surface area (Å²) >= 11 is 0. The second kappa shape index (κ2) is 9.45. The maximum atomic E-state index is 12.5. The first-order valence-electron chi connectivity index (χ1n) is 9.27. The third kappa shape index (κ3) is 5.36. The van der Waals surface area contributed by atoms with Crippen molar-refractivity contribution in [2.45, 2.75) is 46.0 Å². The van der Waals surface area contributed by atoms with Gasteiger partial charge in [-0.25, -0.2) is 0 Å². The molecule has 1 aromatic carbocycles. The molecule has 1 aliphatic carbocycles. The molecule has 2 rings (SSSR count). The summed E-state index contributed by atoms with van der Waals surface area (Å²) in [5, 5.41) is 2.99. The van der Waals surface area contributed by atoms with Gasteiger partial charge < -0.3 is 10.2 Å². The molecule has 2 amide bonds. The molecule has 0 bridgehead atoms. The molecular weight excluding hydrogens is 300 g/mol. The highest BCUT2D eigenvalue weighted by atomic mass is 16.2. The fraction of sp³-hybridized carbons (Fsp3) is 0.600. The lowest BCUT2D eigenvalue weighted by Crippen LogP contribution is -2.35. The van der Waals surface area contributed by atoms with E-state index in [4.69, 9.17) is 0 Å². The number of hydrogen-bond donors (Lipinski definition) is 1. The van der Waals surface area contributed by atoms with E-state index in [2.05, 4.69) is 31.3 Å². The molecule has 2 unspecified atom stereocenters.